The summed E-state index contributed by atoms with van der Waals surface area (Å²) in [5, 5.41) is 0. The third kappa shape index (κ3) is 2.64. The van der Waals surface area contributed by atoms with Crippen LogP contribution in [-0.4, -0.2) is 21.4 Å². The zero-order valence-corrected chi connectivity index (χ0v) is 12.6. The van der Waals surface area contributed by atoms with Crippen molar-refractivity contribution in [3.8, 4) is 10.4 Å². The molecule has 3 heterocycles. The van der Waals surface area contributed by atoms with Gasteiger partial charge in [0.1, 0.15) is 0 Å². The van der Waals surface area contributed by atoms with E-state index in [4.69, 9.17) is 0 Å². The maximum absolute atomic E-state index is 4.36. The molecule has 0 radical (unpaired) electrons. The lowest BCUT2D eigenvalue weighted by Gasteiger charge is -2.25. The minimum Gasteiger partial charge on any atom is -0.347 e. The van der Waals surface area contributed by atoms with Crippen LogP contribution >= 0.6 is 11.3 Å². The molecular formula is C17H17N3S. The molecule has 0 atom stereocenters. The van der Waals surface area contributed by atoms with E-state index in [0.717, 1.165) is 26.1 Å². The first-order valence-corrected chi connectivity index (χ1v) is 8.08. The zero-order valence-electron chi connectivity index (χ0n) is 11.7. The van der Waals surface area contributed by atoms with Crippen LogP contribution in [0.1, 0.15) is 16.3 Å². The number of nitrogens with zero attached hydrogens (tertiary/aromatic N) is 2. The summed E-state index contributed by atoms with van der Waals surface area (Å²) in [4.78, 5) is 12.9. The Bertz CT molecular complexity index is 729. The molecule has 0 spiro atoms. The maximum Gasteiger partial charge on any atom is 0.0925 e. The van der Waals surface area contributed by atoms with E-state index < -0.39 is 0 Å². The maximum atomic E-state index is 4.36. The highest BCUT2D eigenvalue weighted by atomic mass is 32.1. The number of hydrogen-bond acceptors (Lipinski definition) is 3. The number of rotatable bonds is 3. The molecule has 0 saturated carbocycles. The second kappa shape index (κ2) is 5.47. The first-order chi connectivity index (χ1) is 10.4. The number of thiophene rings is 1. The van der Waals surface area contributed by atoms with Crippen LogP contribution in [0.4, 0.5) is 0 Å². The predicted octanol–water partition coefficient (Wildman–Crippen LogP) is 3.70. The molecule has 1 aromatic carbocycles. The standard InChI is InChI=1S/C17H17N3S/c1-2-4-13(5-3-1)17-7-6-14(21-17)10-20-9-8-15-16(11-20)19-12-18-15/h1-7,12H,8-11H2,(H,18,19). The molecule has 1 aliphatic rings. The van der Waals surface area contributed by atoms with E-state index in [1.165, 1.54) is 26.7 Å². The molecule has 4 rings (SSSR count). The summed E-state index contributed by atoms with van der Waals surface area (Å²) in [5.41, 5.74) is 3.83. The smallest absolute Gasteiger partial charge is 0.0925 e. The van der Waals surface area contributed by atoms with Gasteiger partial charge in [0.15, 0.2) is 0 Å². The van der Waals surface area contributed by atoms with Crippen molar-refractivity contribution in [3.05, 3.63) is 65.1 Å². The summed E-state index contributed by atoms with van der Waals surface area (Å²) in [5.74, 6) is 0. The van der Waals surface area contributed by atoms with Crippen LogP contribution in [0.25, 0.3) is 10.4 Å². The quantitative estimate of drug-likeness (QED) is 0.799. The zero-order chi connectivity index (χ0) is 14.1. The van der Waals surface area contributed by atoms with E-state index in [1.54, 1.807) is 0 Å². The molecule has 3 aromatic rings. The van der Waals surface area contributed by atoms with Crippen LogP contribution < -0.4 is 0 Å². The van der Waals surface area contributed by atoms with Crippen molar-refractivity contribution >= 4 is 11.3 Å². The largest absolute Gasteiger partial charge is 0.347 e. The predicted molar refractivity (Wildman–Crippen MR) is 86.2 cm³/mol. The molecule has 0 aliphatic carbocycles. The van der Waals surface area contributed by atoms with E-state index >= 15 is 0 Å². The van der Waals surface area contributed by atoms with Crippen molar-refractivity contribution in [1.29, 1.82) is 0 Å². The molecule has 4 heteroatoms. The Morgan fingerprint density at radius 1 is 1.14 bits per heavy atom. The molecule has 3 nitrogen and oxygen atoms in total. The molecule has 2 aromatic heterocycles. The number of hydrogen-bond donors (Lipinski definition) is 1. The lowest BCUT2D eigenvalue weighted by Crippen LogP contribution is -2.29. The number of imidazole rings is 1. The van der Waals surface area contributed by atoms with Crippen molar-refractivity contribution in [1.82, 2.24) is 14.9 Å². The number of nitrogens with one attached hydrogen (secondary N) is 1. The summed E-state index contributed by atoms with van der Waals surface area (Å²) in [6, 6.07) is 15.1. The van der Waals surface area contributed by atoms with E-state index in [0.29, 0.717) is 0 Å². The third-order valence-electron chi connectivity index (χ3n) is 3.95. The van der Waals surface area contributed by atoms with Gasteiger partial charge in [0.05, 0.1) is 17.7 Å². The Morgan fingerprint density at radius 3 is 2.95 bits per heavy atom. The normalized spacial score (nSPS) is 15.0. The second-order valence-electron chi connectivity index (χ2n) is 5.42. The molecular weight excluding hydrogens is 278 g/mol. The van der Waals surface area contributed by atoms with Gasteiger partial charge in [-0.25, -0.2) is 4.98 Å². The highest BCUT2D eigenvalue weighted by molar-refractivity contribution is 7.15. The Hall–Kier alpha value is -1.91. The van der Waals surface area contributed by atoms with E-state index in [2.05, 4.69) is 57.3 Å². The van der Waals surface area contributed by atoms with Crippen molar-refractivity contribution in [3.63, 3.8) is 0 Å². The Balaban J connectivity index is 1.48. The number of aromatic amines is 1. The topological polar surface area (TPSA) is 31.9 Å². The summed E-state index contributed by atoms with van der Waals surface area (Å²) >= 11 is 1.90. The van der Waals surface area contributed by atoms with Gasteiger partial charge in [-0.05, 0) is 17.7 Å². The van der Waals surface area contributed by atoms with Crippen LogP contribution in [-0.2, 0) is 19.5 Å². The van der Waals surface area contributed by atoms with Gasteiger partial charge in [0, 0.05) is 35.8 Å². The van der Waals surface area contributed by atoms with E-state index in [1.807, 2.05) is 17.7 Å². The van der Waals surface area contributed by atoms with Gasteiger partial charge in [0.25, 0.3) is 0 Å². The van der Waals surface area contributed by atoms with Crippen molar-refractivity contribution < 1.29 is 0 Å². The van der Waals surface area contributed by atoms with Gasteiger partial charge in [-0.2, -0.15) is 0 Å². The molecule has 1 N–H and O–H groups in total. The molecule has 21 heavy (non-hydrogen) atoms. The van der Waals surface area contributed by atoms with Crippen LogP contribution in [0.15, 0.2) is 48.8 Å². The summed E-state index contributed by atoms with van der Waals surface area (Å²) in [6.45, 7) is 3.10. The molecule has 1 aliphatic heterocycles. The second-order valence-corrected chi connectivity index (χ2v) is 6.59. The number of aromatic nitrogens is 2. The average molecular weight is 295 g/mol. The SMILES string of the molecule is c1ccc(-c2ccc(CN3CCc4nc[nH]c4C3)s2)cc1. The first-order valence-electron chi connectivity index (χ1n) is 7.26. The van der Waals surface area contributed by atoms with Gasteiger partial charge >= 0.3 is 0 Å². The fourth-order valence-corrected chi connectivity index (χ4v) is 3.90. The monoisotopic (exact) mass is 295 g/mol. The van der Waals surface area contributed by atoms with Gasteiger partial charge in [-0.1, -0.05) is 30.3 Å². The Kier molecular flexibility index (Phi) is 3.33. The van der Waals surface area contributed by atoms with Gasteiger partial charge < -0.3 is 4.98 Å². The Morgan fingerprint density at radius 2 is 2.05 bits per heavy atom. The first kappa shape index (κ1) is 12.8. The molecule has 106 valence electrons. The fourth-order valence-electron chi connectivity index (χ4n) is 2.84. The highest BCUT2D eigenvalue weighted by Crippen LogP contribution is 2.29. The average Bonchev–Trinajstić information content (AvgIpc) is 3.17. The molecule has 0 saturated heterocycles. The lowest BCUT2D eigenvalue weighted by atomic mass is 10.1. The number of H-pyrrole nitrogens is 1. The fraction of sp³-hybridized carbons (Fsp3) is 0.235. The van der Waals surface area contributed by atoms with Crippen molar-refractivity contribution in [2.45, 2.75) is 19.5 Å². The van der Waals surface area contributed by atoms with E-state index in [-0.39, 0.29) is 0 Å². The van der Waals surface area contributed by atoms with Gasteiger partial charge in [-0.3, -0.25) is 4.90 Å². The summed E-state index contributed by atoms with van der Waals surface area (Å²) < 4.78 is 0. The molecule has 0 fully saturated rings. The molecule has 0 amide bonds. The van der Waals surface area contributed by atoms with Crippen LogP contribution in [0.5, 0.6) is 0 Å². The van der Waals surface area contributed by atoms with Crippen molar-refractivity contribution in [2.75, 3.05) is 6.54 Å². The number of benzene rings is 1. The third-order valence-corrected chi connectivity index (χ3v) is 5.07. The van der Waals surface area contributed by atoms with Crippen LogP contribution in [0.3, 0.4) is 0 Å². The van der Waals surface area contributed by atoms with Gasteiger partial charge in [0.2, 0.25) is 0 Å². The molecule has 0 unspecified atom stereocenters. The lowest BCUT2D eigenvalue weighted by molar-refractivity contribution is 0.243. The van der Waals surface area contributed by atoms with Crippen LogP contribution in [0, 0.1) is 0 Å². The minimum absolute atomic E-state index is 0.980. The summed E-state index contributed by atoms with van der Waals surface area (Å²) in [7, 11) is 0. The Labute approximate surface area is 128 Å². The van der Waals surface area contributed by atoms with Crippen molar-refractivity contribution in [2.24, 2.45) is 0 Å². The van der Waals surface area contributed by atoms with Gasteiger partial charge in [-0.15, -0.1) is 11.3 Å². The summed E-state index contributed by atoms with van der Waals surface area (Å²) in [6.07, 6.45) is 2.86. The minimum atomic E-state index is 0.980. The van der Waals surface area contributed by atoms with Crippen LogP contribution in [0.2, 0.25) is 0 Å². The number of fused-ring (bicyclic) bond motifs is 1. The highest BCUT2D eigenvalue weighted by Gasteiger charge is 2.18. The molecule has 0 bridgehead atoms. The van der Waals surface area contributed by atoms with E-state index in [9.17, 15) is 0 Å².